The van der Waals surface area contributed by atoms with E-state index in [2.05, 4.69) is 0 Å². The van der Waals surface area contributed by atoms with Gasteiger partial charge in [0.15, 0.2) is 0 Å². The molecule has 84 valence electrons. The first-order chi connectivity index (χ1) is 6.22. The predicted molar refractivity (Wildman–Crippen MR) is 50.4 cm³/mol. The Morgan fingerprint density at radius 1 is 1.43 bits per heavy atom. The first-order valence-corrected chi connectivity index (χ1v) is 5.97. The van der Waals surface area contributed by atoms with Gasteiger partial charge in [0.05, 0.1) is 12.2 Å². The summed E-state index contributed by atoms with van der Waals surface area (Å²) in [7, 11) is -3.67. The highest BCUT2D eigenvalue weighted by Crippen LogP contribution is 2.23. The molecular formula is C7H15NO5S. The molecule has 0 heterocycles. The van der Waals surface area contributed by atoms with Crippen LogP contribution in [0, 0.1) is 5.92 Å². The van der Waals surface area contributed by atoms with Gasteiger partial charge >= 0.3 is 5.97 Å². The molecule has 7 heteroatoms. The van der Waals surface area contributed by atoms with Gasteiger partial charge in [-0.25, -0.2) is 0 Å². The van der Waals surface area contributed by atoms with E-state index >= 15 is 0 Å². The monoisotopic (exact) mass is 225 g/mol. The quantitative estimate of drug-likeness (QED) is 0.527. The van der Waals surface area contributed by atoms with Gasteiger partial charge in [-0.05, 0) is 12.8 Å². The summed E-state index contributed by atoms with van der Waals surface area (Å²) in [5.41, 5.74) is 5.50. The summed E-state index contributed by atoms with van der Waals surface area (Å²) in [6.07, 6.45) is 3.32. The van der Waals surface area contributed by atoms with Crippen LogP contribution in [0.25, 0.3) is 0 Å². The van der Waals surface area contributed by atoms with Crippen LogP contribution >= 0.6 is 0 Å². The van der Waals surface area contributed by atoms with Crippen molar-refractivity contribution in [3.8, 4) is 0 Å². The van der Waals surface area contributed by atoms with Crippen molar-refractivity contribution in [1.82, 2.24) is 0 Å². The summed E-state index contributed by atoms with van der Waals surface area (Å²) in [5, 5.41) is 8.50. The lowest BCUT2D eigenvalue weighted by molar-refractivity contribution is -0.141. The molecule has 1 aliphatic carbocycles. The van der Waals surface area contributed by atoms with Crippen LogP contribution in [0.5, 0.6) is 0 Å². The molecule has 0 amide bonds. The van der Waals surface area contributed by atoms with Gasteiger partial charge in [0, 0.05) is 6.04 Å². The molecule has 14 heavy (non-hydrogen) atoms. The van der Waals surface area contributed by atoms with Crippen LogP contribution in [0.2, 0.25) is 0 Å². The minimum absolute atomic E-state index is 0.0949. The molecule has 0 saturated heterocycles. The van der Waals surface area contributed by atoms with Crippen molar-refractivity contribution in [2.75, 3.05) is 6.26 Å². The third-order valence-corrected chi connectivity index (χ3v) is 1.89. The van der Waals surface area contributed by atoms with Crippen molar-refractivity contribution >= 4 is 16.1 Å². The van der Waals surface area contributed by atoms with E-state index in [-0.39, 0.29) is 12.0 Å². The number of hydrogen-bond acceptors (Lipinski definition) is 4. The van der Waals surface area contributed by atoms with Crippen LogP contribution in [0.3, 0.4) is 0 Å². The van der Waals surface area contributed by atoms with Crippen LogP contribution in [0.15, 0.2) is 0 Å². The van der Waals surface area contributed by atoms with E-state index in [4.69, 9.17) is 15.4 Å². The van der Waals surface area contributed by atoms with Crippen LogP contribution in [0.4, 0.5) is 0 Å². The average Bonchev–Trinajstić information content (AvgIpc) is 2.30. The maximum absolute atomic E-state index is 10.3. The molecule has 0 aliphatic heterocycles. The molecule has 1 rings (SSSR count). The summed E-state index contributed by atoms with van der Waals surface area (Å²) in [4.78, 5) is 10.3. The molecule has 1 saturated carbocycles. The molecular weight excluding hydrogens is 210 g/mol. The van der Waals surface area contributed by atoms with Gasteiger partial charge in [-0.1, -0.05) is 6.42 Å². The SMILES string of the molecule is CS(=O)(=O)O.N[C@H]1CCC[C@H]1C(=O)O. The third kappa shape index (κ3) is 6.81. The Bertz CT molecular complexity index is 278. The van der Waals surface area contributed by atoms with Crippen molar-refractivity contribution in [3.05, 3.63) is 0 Å². The Kier molecular flexibility index (Phi) is 5.03. The van der Waals surface area contributed by atoms with Crippen LogP contribution in [-0.4, -0.2) is 36.3 Å². The molecule has 0 radical (unpaired) electrons. The van der Waals surface area contributed by atoms with E-state index < -0.39 is 16.1 Å². The normalized spacial score (nSPS) is 26.5. The van der Waals surface area contributed by atoms with E-state index in [1.165, 1.54) is 0 Å². The lowest BCUT2D eigenvalue weighted by Gasteiger charge is -2.07. The Labute approximate surface area is 82.9 Å². The lowest BCUT2D eigenvalue weighted by atomic mass is 10.1. The number of carbonyl (C=O) groups is 1. The predicted octanol–water partition coefficient (Wildman–Crippen LogP) is -0.298. The Morgan fingerprint density at radius 3 is 2.00 bits per heavy atom. The highest BCUT2D eigenvalue weighted by molar-refractivity contribution is 7.85. The Hall–Kier alpha value is -0.660. The van der Waals surface area contributed by atoms with E-state index in [0.717, 1.165) is 19.3 Å². The highest BCUT2D eigenvalue weighted by atomic mass is 32.2. The van der Waals surface area contributed by atoms with Gasteiger partial charge in [-0.15, -0.1) is 0 Å². The van der Waals surface area contributed by atoms with Gasteiger partial charge in [-0.2, -0.15) is 8.42 Å². The lowest BCUT2D eigenvalue weighted by Crippen LogP contribution is -2.30. The summed E-state index contributed by atoms with van der Waals surface area (Å²) < 4.78 is 25.9. The fourth-order valence-corrected chi connectivity index (χ4v) is 1.30. The van der Waals surface area contributed by atoms with E-state index in [9.17, 15) is 13.2 Å². The van der Waals surface area contributed by atoms with E-state index in [1.807, 2.05) is 0 Å². The Morgan fingerprint density at radius 2 is 1.86 bits per heavy atom. The van der Waals surface area contributed by atoms with Crippen molar-refractivity contribution in [3.63, 3.8) is 0 Å². The molecule has 0 bridgehead atoms. The van der Waals surface area contributed by atoms with Gasteiger partial charge in [0.2, 0.25) is 0 Å². The fraction of sp³-hybridized carbons (Fsp3) is 0.857. The largest absolute Gasteiger partial charge is 0.481 e. The zero-order valence-electron chi connectivity index (χ0n) is 7.88. The van der Waals surface area contributed by atoms with Gasteiger partial charge in [0.25, 0.3) is 10.1 Å². The minimum Gasteiger partial charge on any atom is -0.481 e. The maximum atomic E-state index is 10.3. The van der Waals surface area contributed by atoms with Gasteiger partial charge in [-0.3, -0.25) is 9.35 Å². The second-order valence-corrected chi connectivity index (χ2v) is 4.74. The van der Waals surface area contributed by atoms with Gasteiger partial charge in [0.1, 0.15) is 0 Å². The number of rotatable bonds is 1. The second kappa shape index (κ2) is 5.28. The standard InChI is InChI=1S/C6H11NO2.CH4O3S/c7-5-3-1-2-4(5)6(8)9;1-5(2,3)4/h4-5H,1-3,7H2,(H,8,9);1H3,(H,2,3,4)/t4-,5+;/m1./s1. The number of aliphatic carboxylic acids is 1. The number of hydrogen-bond donors (Lipinski definition) is 3. The fourth-order valence-electron chi connectivity index (χ4n) is 1.30. The first-order valence-electron chi connectivity index (χ1n) is 4.12. The first kappa shape index (κ1) is 13.3. The molecule has 2 atom stereocenters. The second-order valence-electron chi connectivity index (χ2n) is 3.27. The molecule has 6 nitrogen and oxygen atoms in total. The molecule has 4 N–H and O–H groups in total. The van der Waals surface area contributed by atoms with E-state index in [0.29, 0.717) is 6.26 Å². The summed E-state index contributed by atoms with van der Waals surface area (Å²) >= 11 is 0. The van der Waals surface area contributed by atoms with Gasteiger partial charge < -0.3 is 10.8 Å². The minimum atomic E-state index is -3.67. The smallest absolute Gasteiger partial charge is 0.308 e. The molecule has 0 aromatic rings. The summed E-state index contributed by atoms with van der Waals surface area (Å²) in [6, 6.07) is -0.0949. The molecule has 1 aliphatic rings. The topological polar surface area (TPSA) is 118 Å². The summed E-state index contributed by atoms with van der Waals surface area (Å²) in [5.74, 6) is -1.01. The zero-order chi connectivity index (χ0) is 11.4. The molecule has 1 fully saturated rings. The van der Waals surface area contributed by atoms with Crippen molar-refractivity contribution in [2.45, 2.75) is 25.3 Å². The third-order valence-electron chi connectivity index (χ3n) is 1.89. The number of carboxylic acids is 1. The zero-order valence-corrected chi connectivity index (χ0v) is 8.70. The highest BCUT2D eigenvalue weighted by Gasteiger charge is 2.29. The van der Waals surface area contributed by atoms with Crippen LogP contribution in [0.1, 0.15) is 19.3 Å². The molecule has 0 aromatic heterocycles. The van der Waals surface area contributed by atoms with Crippen LogP contribution in [-0.2, 0) is 14.9 Å². The number of carboxylic acid groups (broad SMARTS) is 1. The number of nitrogens with two attached hydrogens (primary N) is 1. The molecule has 0 aromatic carbocycles. The van der Waals surface area contributed by atoms with Crippen molar-refractivity contribution in [1.29, 1.82) is 0 Å². The van der Waals surface area contributed by atoms with Crippen molar-refractivity contribution in [2.24, 2.45) is 11.7 Å². The maximum Gasteiger partial charge on any atom is 0.308 e. The van der Waals surface area contributed by atoms with Crippen molar-refractivity contribution < 1.29 is 22.9 Å². The molecule has 0 unspecified atom stereocenters. The molecule has 0 spiro atoms. The average molecular weight is 225 g/mol. The summed E-state index contributed by atoms with van der Waals surface area (Å²) in [6.45, 7) is 0. The van der Waals surface area contributed by atoms with Crippen LogP contribution < -0.4 is 5.73 Å². The Balaban J connectivity index is 0.000000292. The van der Waals surface area contributed by atoms with E-state index in [1.54, 1.807) is 0 Å².